The number of nitrogens with one attached hydrogen (secondary N) is 1. The summed E-state index contributed by atoms with van der Waals surface area (Å²) in [5.74, 6) is 0.0641. The average molecular weight is 312 g/mol. The highest BCUT2D eigenvalue weighted by atomic mass is 16.2. The average Bonchev–Trinajstić information content (AvgIpc) is 2.96. The Kier molecular flexibility index (Phi) is 4.48. The molecule has 2 aromatic rings. The number of amides is 1. The maximum Gasteiger partial charge on any atom is 0.257 e. The van der Waals surface area contributed by atoms with Gasteiger partial charge in [-0.05, 0) is 51.4 Å². The van der Waals surface area contributed by atoms with E-state index in [1.807, 2.05) is 41.8 Å². The van der Waals surface area contributed by atoms with Crippen molar-refractivity contribution in [1.29, 1.82) is 0 Å². The number of carbonyl (C=O) groups excluding carboxylic acids is 1. The van der Waals surface area contributed by atoms with Gasteiger partial charge in [-0.1, -0.05) is 18.2 Å². The third-order valence-corrected chi connectivity index (χ3v) is 4.76. The van der Waals surface area contributed by atoms with Crippen LogP contribution in [0.5, 0.6) is 0 Å². The summed E-state index contributed by atoms with van der Waals surface area (Å²) in [5, 5.41) is 7.79. The fraction of sp³-hybridized carbons (Fsp3) is 0.444. The van der Waals surface area contributed by atoms with Crippen molar-refractivity contribution >= 4 is 5.91 Å². The van der Waals surface area contributed by atoms with E-state index in [0.717, 1.165) is 42.9 Å². The molecule has 0 unspecified atom stereocenters. The van der Waals surface area contributed by atoms with E-state index in [1.165, 1.54) is 0 Å². The van der Waals surface area contributed by atoms with Crippen molar-refractivity contribution < 1.29 is 4.79 Å². The molecule has 1 fully saturated rings. The van der Waals surface area contributed by atoms with E-state index in [1.54, 1.807) is 6.20 Å². The van der Waals surface area contributed by atoms with Crippen LogP contribution >= 0.6 is 0 Å². The molecule has 3 rings (SSSR count). The smallest absolute Gasteiger partial charge is 0.257 e. The maximum atomic E-state index is 12.8. The fourth-order valence-corrected chi connectivity index (χ4v) is 3.21. The highest BCUT2D eigenvalue weighted by Gasteiger charge is 2.25. The molecular weight excluding hydrogens is 288 g/mol. The highest BCUT2D eigenvalue weighted by molar-refractivity contribution is 5.95. The van der Waals surface area contributed by atoms with Crippen molar-refractivity contribution in [3.63, 3.8) is 0 Å². The van der Waals surface area contributed by atoms with Crippen LogP contribution in [0.15, 0.2) is 30.5 Å². The van der Waals surface area contributed by atoms with Crippen LogP contribution in [-0.2, 0) is 0 Å². The van der Waals surface area contributed by atoms with Crippen molar-refractivity contribution in [2.45, 2.75) is 32.7 Å². The Labute approximate surface area is 137 Å². The Morgan fingerprint density at radius 3 is 2.65 bits per heavy atom. The van der Waals surface area contributed by atoms with Gasteiger partial charge in [-0.2, -0.15) is 5.10 Å². The summed E-state index contributed by atoms with van der Waals surface area (Å²) in [6.45, 7) is 5.97. The Morgan fingerprint density at radius 1 is 1.26 bits per heavy atom. The number of hydrogen-bond donors (Lipinski definition) is 1. The van der Waals surface area contributed by atoms with Gasteiger partial charge in [0.1, 0.15) is 0 Å². The number of piperidine rings is 1. The molecule has 122 valence electrons. The third kappa shape index (κ3) is 3.01. The summed E-state index contributed by atoms with van der Waals surface area (Å²) < 4.78 is 1.86. The monoisotopic (exact) mass is 312 g/mol. The molecule has 0 saturated carbocycles. The van der Waals surface area contributed by atoms with Crippen LogP contribution in [0.25, 0.3) is 5.69 Å². The van der Waals surface area contributed by atoms with E-state index < -0.39 is 0 Å². The van der Waals surface area contributed by atoms with Crippen LogP contribution in [0.4, 0.5) is 0 Å². The minimum Gasteiger partial charge on any atom is -0.339 e. The van der Waals surface area contributed by atoms with Gasteiger partial charge in [-0.3, -0.25) is 4.79 Å². The molecule has 0 aliphatic carbocycles. The first kappa shape index (κ1) is 15.7. The zero-order chi connectivity index (χ0) is 16.4. The van der Waals surface area contributed by atoms with Crippen molar-refractivity contribution in [2.24, 2.45) is 0 Å². The van der Waals surface area contributed by atoms with Gasteiger partial charge >= 0.3 is 0 Å². The SMILES string of the molecule is Cc1ccccc1-n1ncc(C(=O)N(C)C2CCNCC2)c1C. The molecule has 0 spiro atoms. The fourth-order valence-electron chi connectivity index (χ4n) is 3.21. The lowest BCUT2D eigenvalue weighted by Gasteiger charge is -2.31. The molecule has 2 heterocycles. The molecule has 0 atom stereocenters. The highest BCUT2D eigenvalue weighted by Crippen LogP contribution is 2.20. The van der Waals surface area contributed by atoms with Gasteiger partial charge in [0.05, 0.1) is 23.1 Å². The van der Waals surface area contributed by atoms with Crippen molar-refractivity contribution in [3.8, 4) is 5.69 Å². The topological polar surface area (TPSA) is 50.2 Å². The van der Waals surface area contributed by atoms with Crippen LogP contribution in [0.3, 0.4) is 0 Å². The van der Waals surface area contributed by atoms with E-state index in [2.05, 4.69) is 23.4 Å². The van der Waals surface area contributed by atoms with Gasteiger partial charge in [0, 0.05) is 13.1 Å². The number of aromatic nitrogens is 2. The zero-order valence-corrected chi connectivity index (χ0v) is 14.0. The Bertz CT molecular complexity index is 701. The quantitative estimate of drug-likeness (QED) is 0.946. The van der Waals surface area contributed by atoms with Crippen LogP contribution in [0.2, 0.25) is 0 Å². The van der Waals surface area contributed by atoms with Gasteiger partial charge in [0.25, 0.3) is 5.91 Å². The molecule has 1 aliphatic rings. The molecule has 1 saturated heterocycles. The molecule has 1 aliphatic heterocycles. The predicted molar refractivity (Wildman–Crippen MR) is 91.0 cm³/mol. The van der Waals surface area contributed by atoms with Gasteiger partial charge in [-0.15, -0.1) is 0 Å². The van der Waals surface area contributed by atoms with Gasteiger partial charge in [0.2, 0.25) is 0 Å². The van der Waals surface area contributed by atoms with Crippen LogP contribution in [0.1, 0.15) is 34.5 Å². The minimum atomic E-state index is 0.0641. The lowest BCUT2D eigenvalue weighted by atomic mass is 10.0. The second-order valence-electron chi connectivity index (χ2n) is 6.24. The van der Waals surface area contributed by atoms with E-state index in [-0.39, 0.29) is 5.91 Å². The molecule has 5 heteroatoms. The number of para-hydroxylation sites is 1. The first-order valence-corrected chi connectivity index (χ1v) is 8.18. The summed E-state index contributed by atoms with van der Waals surface area (Å²) in [6, 6.07) is 8.39. The van der Waals surface area contributed by atoms with Crippen LogP contribution < -0.4 is 5.32 Å². The summed E-state index contributed by atoms with van der Waals surface area (Å²) in [4.78, 5) is 14.7. The predicted octanol–water partition coefficient (Wildman–Crippen LogP) is 2.31. The van der Waals surface area contributed by atoms with E-state index in [4.69, 9.17) is 0 Å². The summed E-state index contributed by atoms with van der Waals surface area (Å²) in [5.41, 5.74) is 3.75. The zero-order valence-electron chi connectivity index (χ0n) is 14.0. The lowest BCUT2D eigenvalue weighted by molar-refractivity contribution is 0.0702. The van der Waals surface area contributed by atoms with Crippen LogP contribution in [0, 0.1) is 13.8 Å². The number of aryl methyl sites for hydroxylation is 1. The molecule has 1 amide bonds. The molecule has 5 nitrogen and oxygen atoms in total. The first-order chi connectivity index (χ1) is 11.1. The van der Waals surface area contributed by atoms with Gasteiger partial charge < -0.3 is 10.2 Å². The molecule has 23 heavy (non-hydrogen) atoms. The van der Waals surface area contributed by atoms with Crippen molar-refractivity contribution in [1.82, 2.24) is 20.0 Å². The summed E-state index contributed by atoms with van der Waals surface area (Å²) in [7, 11) is 1.91. The Morgan fingerprint density at radius 2 is 1.96 bits per heavy atom. The maximum absolute atomic E-state index is 12.8. The second-order valence-corrected chi connectivity index (χ2v) is 6.24. The van der Waals surface area contributed by atoms with E-state index in [0.29, 0.717) is 11.6 Å². The third-order valence-electron chi connectivity index (χ3n) is 4.76. The Balaban J connectivity index is 1.86. The van der Waals surface area contributed by atoms with Gasteiger partial charge in [0.15, 0.2) is 0 Å². The minimum absolute atomic E-state index is 0.0641. The number of nitrogens with zero attached hydrogens (tertiary/aromatic N) is 3. The summed E-state index contributed by atoms with van der Waals surface area (Å²) in [6.07, 6.45) is 3.71. The normalized spacial score (nSPS) is 15.6. The largest absolute Gasteiger partial charge is 0.339 e. The molecule has 0 bridgehead atoms. The first-order valence-electron chi connectivity index (χ1n) is 8.18. The molecule has 1 N–H and O–H groups in total. The van der Waals surface area contributed by atoms with E-state index >= 15 is 0 Å². The molecular formula is C18H24N4O. The molecule has 0 radical (unpaired) electrons. The number of carbonyl (C=O) groups is 1. The number of rotatable bonds is 3. The van der Waals surface area contributed by atoms with Crippen molar-refractivity contribution in [2.75, 3.05) is 20.1 Å². The lowest BCUT2D eigenvalue weighted by Crippen LogP contribution is -2.44. The van der Waals surface area contributed by atoms with Gasteiger partial charge in [-0.25, -0.2) is 4.68 Å². The van der Waals surface area contributed by atoms with E-state index in [9.17, 15) is 4.79 Å². The number of benzene rings is 1. The second kappa shape index (κ2) is 6.54. The molecule has 1 aromatic carbocycles. The summed E-state index contributed by atoms with van der Waals surface area (Å²) >= 11 is 0. The number of hydrogen-bond acceptors (Lipinski definition) is 3. The molecule has 1 aromatic heterocycles. The van der Waals surface area contributed by atoms with Crippen LogP contribution in [-0.4, -0.2) is 46.8 Å². The standard InChI is InChI=1S/C18H24N4O/c1-13-6-4-5-7-17(13)22-14(2)16(12-20-22)18(23)21(3)15-8-10-19-11-9-15/h4-7,12,15,19H,8-11H2,1-3H3. The Hall–Kier alpha value is -2.14. The van der Waals surface area contributed by atoms with Crippen molar-refractivity contribution in [3.05, 3.63) is 47.3 Å².